The summed E-state index contributed by atoms with van der Waals surface area (Å²) in [4.78, 5) is 0. The summed E-state index contributed by atoms with van der Waals surface area (Å²) in [7, 11) is 0. The second kappa shape index (κ2) is 6.16. The molecule has 0 aliphatic heterocycles. The number of rotatable bonds is 5. The molecule has 0 amide bonds. The van der Waals surface area contributed by atoms with E-state index in [0.717, 1.165) is 11.3 Å². The fraction of sp³-hybridized carbons (Fsp3) is 0.200. The largest absolute Gasteiger partial charge is 0.465 e. The Morgan fingerprint density at radius 2 is 2.00 bits per heavy atom. The Morgan fingerprint density at radius 3 is 2.75 bits per heavy atom. The predicted molar refractivity (Wildman–Crippen MR) is 81.3 cm³/mol. The van der Waals surface area contributed by atoms with Crippen molar-refractivity contribution in [3.63, 3.8) is 0 Å². The zero-order chi connectivity index (χ0) is 14.5. The lowest BCUT2D eigenvalue weighted by molar-refractivity contribution is -0.000242. The standard InChI is InChI=1S/C15H19N3O2/c1-10(19)20-14-4-2-3-13(8-14)18-9-11-7-12(16)5-6-15(11)17/h2-8,10,18-19H,9,16-17H2,1H3. The van der Waals surface area contributed by atoms with Crippen LogP contribution in [0.3, 0.4) is 0 Å². The van der Waals surface area contributed by atoms with Crippen LogP contribution < -0.4 is 21.5 Å². The molecule has 1 unspecified atom stereocenters. The number of aliphatic hydroxyl groups is 1. The molecule has 0 radical (unpaired) electrons. The van der Waals surface area contributed by atoms with Crippen LogP contribution in [-0.2, 0) is 6.54 Å². The van der Waals surface area contributed by atoms with E-state index in [1.165, 1.54) is 0 Å². The Kier molecular flexibility index (Phi) is 4.32. The molecule has 6 N–H and O–H groups in total. The van der Waals surface area contributed by atoms with Gasteiger partial charge in [0.05, 0.1) is 0 Å². The first kappa shape index (κ1) is 14.0. The van der Waals surface area contributed by atoms with Gasteiger partial charge in [0.15, 0.2) is 6.29 Å². The first-order chi connectivity index (χ1) is 9.54. The number of hydrogen-bond acceptors (Lipinski definition) is 5. The van der Waals surface area contributed by atoms with E-state index < -0.39 is 6.29 Å². The minimum Gasteiger partial charge on any atom is -0.465 e. The minimum absolute atomic E-state index is 0.564. The fourth-order valence-corrected chi connectivity index (χ4v) is 1.85. The van der Waals surface area contributed by atoms with Crippen LogP contribution in [0.1, 0.15) is 12.5 Å². The summed E-state index contributed by atoms with van der Waals surface area (Å²) < 4.78 is 5.22. The van der Waals surface area contributed by atoms with Gasteiger partial charge in [-0.2, -0.15) is 0 Å². The topological polar surface area (TPSA) is 93.5 Å². The van der Waals surface area contributed by atoms with Crippen LogP contribution in [0.25, 0.3) is 0 Å². The number of hydrogen-bond donors (Lipinski definition) is 4. The number of nitrogens with two attached hydrogens (primary N) is 2. The molecule has 0 bridgehead atoms. The summed E-state index contributed by atoms with van der Waals surface area (Å²) in [5, 5.41) is 12.4. The van der Waals surface area contributed by atoms with Crippen molar-refractivity contribution in [1.82, 2.24) is 0 Å². The van der Waals surface area contributed by atoms with Crippen LogP contribution in [-0.4, -0.2) is 11.4 Å². The van der Waals surface area contributed by atoms with Gasteiger partial charge < -0.3 is 26.6 Å². The van der Waals surface area contributed by atoms with E-state index in [4.69, 9.17) is 16.2 Å². The van der Waals surface area contributed by atoms with E-state index in [1.807, 2.05) is 24.3 Å². The Bertz CT molecular complexity index is 585. The Labute approximate surface area is 118 Å². The third kappa shape index (κ3) is 3.80. The molecule has 0 saturated heterocycles. The quantitative estimate of drug-likeness (QED) is 0.495. The van der Waals surface area contributed by atoms with Crippen LogP contribution >= 0.6 is 0 Å². The smallest absolute Gasteiger partial charge is 0.194 e. The van der Waals surface area contributed by atoms with Crippen LogP contribution in [0, 0.1) is 0 Å². The molecule has 0 aliphatic rings. The van der Waals surface area contributed by atoms with Crippen LogP contribution in [0.2, 0.25) is 0 Å². The Hall–Kier alpha value is -2.40. The SMILES string of the molecule is CC(O)Oc1cccc(NCc2cc(N)ccc2N)c1. The number of benzene rings is 2. The van der Waals surface area contributed by atoms with E-state index in [1.54, 1.807) is 25.1 Å². The van der Waals surface area contributed by atoms with E-state index in [-0.39, 0.29) is 0 Å². The molecule has 0 spiro atoms. The number of anilines is 3. The normalized spacial score (nSPS) is 11.9. The number of aliphatic hydroxyl groups excluding tert-OH is 1. The third-order valence-electron chi connectivity index (χ3n) is 2.79. The van der Waals surface area contributed by atoms with Crippen molar-refractivity contribution in [2.24, 2.45) is 0 Å². The molecule has 2 aromatic rings. The minimum atomic E-state index is -0.838. The van der Waals surface area contributed by atoms with Crippen LogP contribution in [0.15, 0.2) is 42.5 Å². The average Bonchev–Trinajstić information content (AvgIpc) is 2.39. The lowest BCUT2D eigenvalue weighted by Gasteiger charge is -2.12. The summed E-state index contributed by atoms with van der Waals surface area (Å²) in [6.07, 6.45) is -0.838. The average molecular weight is 273 g/mol. The van der Waals surface area contributed by atoms with Crippen LogP contribution in [0.5, 0.6) is 5.75 Å². The third-order valence-corrected chi connectivity index (χ3v) is 2.79. The highest BCUT2D eigenvalue weighted by Crippen LogP contribution is 2.21. The molecule has 5 nitrogen and oxygen atoms in total. The molecule has 5 heteroatoms. The van der Waals surface area contributed by atoms with Gasteiger partial charge in [-0.3, -0.25) is 0 Å². The molecule has 0 heterocycles. The second-order valence-corrected chi connectivity index (χ2v) is 4.56. The number of ether oxygens (including phenoxy) is 1. The summed E-state index contributed by atoms with van der Waals surface area (Å²) in [6.45, 7) is 2.13. The van der Waals surface area contributed by atoms with E-state index >= 15 is 0 Å². The van der Waals surface area contributed by atoms with Crippen molar-refractivity contribution in [2.75, 3.05) is 16.8 Å². The maximum Gasteiger partial charge on any atom is 0.194 e. The Balaban J connectivity index is 2.05. The van der Waals surface area contributed by atoms with Crippen molar-refractivity contribution in [1.29, 1.82) is 0 Å². The molecule has 0 aromatic heterocycles. The zero-order valence-corrected chi connectivity index (χ0v) is 11.3. The summed E-state index contributed by atoms with van der Waals surface area (Å²) in [6, 6.07) is 12.8. The van der Waals surface area contributed by atoms with Gasteiger partial charge in [-0.1, -0.05) is 6.07 Å². The first-order valence-electron chi connectivity index (χ1n) is 6.37. The van der Waals surface area contributed by atoms with E-state index in [2.05, 4.69) is 5.32 Å². The zero-order valence-electron chi connectivity index (χ0n) is 11.3. The molecule has 20 heavy (non-hydrogen) atoms. The fourth-order valence-electron chi connectivity index (χ4n) is 1.85. The van der Waals surface area contributed by atoms with Crippen molar-refractivity contribution >= 4 is 17.1 Å². The van der Waals surface area contributed by atoms with Crippen molar-refractivity contribution in [3.8, 4) is 5.75 Å². The number of nitrogen functional groups attached to an aromatic ring is 2. The molecule has 0 saturated carbocycles. The summed E-state index contributed by atoms with van der Waals surface area (Å²) in [5.74, 6) is 0.602. The van der Waals surface area contributed by atoms with Gasteiger partial charge in [0.2, 0.25) is 0 Å². The van der Waals surface area contributed by atoms with Crippen LogP contribution in [0.4, 0.5) is 17.1 Å². The predicted octanol–water partition coefficient (Wildman–Crippen LogP) is 2.18. The van der Waals surface area contributed by atoms with Gasteiger partial charge in [-0.05, 0) is 42.8 Å². The maximum absolute atomic E-state index is 9.20. The molecular weight excluding hydrogens is 254 g/mol. The monoisotopic (exact) mass is 273 g/mol. The molecule has 0 fully saturated rings. The molecular formula is C15H19N3O2. The van der Waals surface area contributed by atoms with Gasteiger partial charge >= 0.3 is 0 Å². The van der Waals surface area contributed by atoms with Gasteiger partial charge in [0.1, 0.15) is 5.75 Å². The van der Waals surface area contributed by atoms with Crippen molar-refractivity contribution in [3.05, 3.63) is 48.0 Å². The van der Waals surface area contributed by atoms with E-state index in [0.29, 0.717) is 23.7 Å². The van der Waals surface area contributed by atoms with Gasteiger partial charge in [-0.25, -0.2) is 0 Å². The van der Waals surface area contributed by atoms with E-state index in [9.17, 15) is 5.11 Å². The molecule has 2 aromatic carbocycles. The molecule has 0 aliphatic carbocycles. The molecule has 1 atom stereocenters. The van der Waals surface area contributed by atoms with Gasteiger partial charge in [0.25, 0.3) is 0 Å². The first-order valence-corrected chi connectivity index (χ1v) is 6.37. The van der Waals surface area contributed by atoms with Crippen molar-refractivity contribution < 1.29 is 9.84 Å². The van der Waals surface area contributed by atoms with Crippen molar-refractivity contribution in [2.45, 2.75) is 19.8 Å². The lowest BCUT2D eigenvalue weighted by atomic mass is 10.1. The maximum atomic E-state index is 9.20. The van der Waals surface area contributed by atoms with Gasteiger partial charge in [-0.15, -0.1) is 0 Å². The number of nitrogens with one attached hydrogen (secondary N) is 1. The highest BCUT2D eigenvalue weighted by Gasteiger charge is 2.02. The second-order valence-electron chi connectivity index (χ2n) is 4.56. The Morgan fingerprint density at radius 1 is 1.20 bits per heavy atom. The van der Waals surface area contributed by atoms with Gasteiger partial charge in [0, 0.05) is 29.7 Å². The molecule has 2 rings (SSSR count). The highest BCUT2D eigenvalue weighted by atomic mass is 16.6. The molecule has 106 valence electrons. The summed E-state index contributed by atoms with van der Waals surface area (Å²) in [5.41, 5.74) is 14.8. The summed E-state index contributed by atoms with van der Waals surface area (Å²) >= 11 is 0. The highest BCUT2D eigenvalue weighted by molar-refractivity contribution is 5.57. The lowest BCUT2D eigenvalue weighted by Crippen LogP contribution is -2.09.